The number of rotatable bonds is 9. The molecule has 11 atom stereocenters. The normalized spacial score (nSPS) is 41.5. The second-order valence-corrected chi connectivity index (χ2v) is 15.5. The van der Waals surface area contributed by atoms with Gasteiger partial charge in [0.25, 0.3) is 0 Å². The van der Waals surface area contributed by atoms with Crippen LogP contribution in [0.5, 0.6) is 0 Å². The lowest BCUT2D eigenvalue weighted by molar-refractivity contribution is -0.184. The molecule has 4 rings (SSSR count). The minimum Gasteiger partial charge on any atom is -0.462 e. The third kappa shape index (κ3) is 5.92. The van der Waals surface area contributed by atoms with Crippen LogP contribution < -0.4 is 9.44 Å². The predicted molar refractivity (Wildman–Crippen MR) is 150 cm³/mol. The lowest BCUT2D eigenvalue weighted by Crippen LogP contribution is -2.58. The van der Waals surface area contributed by atoms with Crippen molar-refractivity contribution in [3.8, 4) is 0 Å². The average Bonchev–Trinajstić information content (AvgIpc) is 3.24. The summed E-state index contributed by atoms with van der Waals surface area (Å²) in [6.45, 7) is 11.0. The Morgan fingerprint density at radius 1 is 1.03 bits per heavy atom. The van der Waals surface area contributed by atoms with Crippen LogP contribution in [0.4, 0.5) is 0 Å². The van der Waals surface area contributed by atoms with E-state index in [0.29, 0.717) is 41.9 Å². The number of nitrogens with one attached hydrogen (secondary N) is 2. The zero-order valence-electron chi connectivity index (χ0n) is 24.9. The molecule has 8 nitrogen and oxygen atoms in total. The molecule has 4 aliphatic carbocycles. The molecule has 11 unspecified atom stereocenters. The summed E-state index contributed by atoms with van der Waals surface area (Å²) >= 11 is 0. The van der Waals surface area contributed by atoms with Crippen molar-refractivity contribution in [3.05, 3.63) is 0 Å². The summed E-state index contributed by atoms with van der Waals surface area (Å²) < 4.78 is 33.4. The van der Waals surface area contributed by atoms with Crippen molar-refractivity contribution in [1.29, 1.82) is 0 Å². The summed E-state index contributed by atoms with van der Waals surface area (Å²) in [5, 5.41) is 11.6. The van der Waals surface area contributed by atoms with Crippen LogP contribution in [-0.4, -0.2) is 44.7 Å². The fraction of sp³-hybridized carbons (Fsp3) is 0.933. The van der Waals surface area contributed by atoms with Crippen molar-refractivity contribution in [2.45, 2.75) is 117 Å². The van der Waals surface area contributed by atoms with Crippen LogP contribution in [0.2, 0.25) is 0 Å². The van der Waals surface area contributed by atoms with E-state index in [2.05, 4.69) is 30.2 Å². The smallest absolute Gasteiger partial charge is 0.308 e. The van der Waals surface area contributed by atoms with E-state index in [9.17, 15) is 23.1 Å². The third-order valence-corrected chi connectivity index (χ3v) is 13.1. The molecule has 0 aromatic carbocycles. The Morgan fingerprint density at radius 3 is 2.36 bits per heavy atom. The lowest BCUT2D eigenvalue weighted by atomic mass is 9.43. The molecule has 3 N–H and O–H groups in total. The Hall–Kier alpha value is -1.19. The summed E-state index contributed by atoms with van der Waals surface area (Å²) in [5.41, 5.74) is 0.298. The maximum atomic E-state index is 12.5. The number of hydrogen-bond acceptors (Lipinski definition) is 6. The van der Waals surface area contributed by atoms with Gasteiger partial charge >= 0.3 is 16.2 Å². The Balaban J connectivity index is 1.41. The fourth-order valence-corrected chi connectivity index (χ4v) is 10.0. The molecule has 0 aliphatic heterocycles. The standard InChI is InChI=1S/C30H52N2O6S/c1-7-18(2)28(35)38-21-12-14-29(4)20(16-21)17-25(33)27-23-10-9-22(30(23,5)15-13-24(27)29)19(3)8-11-26(34)32-39(36,37)31-6/h18-25,27,31,33H,7-17H2,1-6H3,(H,32,34). The van der Waals surface area contributed by atoms with Crippen LogP contribution in [0.3, 0.4) is 0 Å². The number of esters is 1. The Bertz CT molecular complexity index is 1020. The van der Waals surface area contributed by atoms with Crippen molar-refractivity contribution in [2.75, 3.05) is 7.05 Å². The molecule has 1 amide bonds. The Morgan fingerprint density at radius 2 is 1.69 bits per heavy atom. The Kier molecular flexibility index (Phi) is 9.14. The molecule has 9 heteroatoms. The number of carbonyl (C=O) groups is 2. The van der Waals surface area contributed by atoms with Crippen LogP contribution in [0.15, 0.2) is 0 Å². The number of amides is 1. The first-order chi connectivity index (χ1) is 18.3. The van der Waals surface area contributed by atoms with E-state index in [4.69, 9.17) is 4.74 Å². The van der Waals surface area contributed by atoms with Crippen molar-refractivity contribution in [2.24, 2.45) is 52.3 Å². The van der Waals surface area contributed by atoms with E-state index in [-0.39, 0.29) is 41.3 Å². The lowest BCUT2D eigenvalue weighted by Gasteiger charge is -2.62. The molecule has 0 bridgehead atoms. The molecule has 39 heavy (non-hydrogen) atoms. The molecule has 0 aromatic rings. The largest absolute Gasteiger partial charge is 0.462 e. The van der Waals surface area contributed by atoms with E-state index in [1.165, 1.54) is 7.05 Å². The molecule has 0 radical (unpaired) electrons. The monoisotopic (exact) mass is 568 g/mol. The van der Waals surface area contributed by atoms with Gasteiger partial charge in [0, 0.05) is 13.5 Å². The van der Waals surface area contributed by atoms with Gasteiger partial charge in [-0.2, -0.15) is 8.42 Å². The van der Waals surface area contributed by atoms with Gasteiger partial charge in [-0.05, 0) is 111 Å². The molecular formula is C30H52N2O6S. The van der Waals surface area contributed by atoms with Gasteiger partial charge in [-0.25, -0.2) is 9.44 Å². The summed E-state index contributed by atoms with van der Waals surface area (Å²) in [4.78, 5) is 24.7. The van der Waals surface area contributed by atoms with Crippen LogP contribution in [0.25, 0.3) is 0 Å². The maximum Gasteiger partial charge on any atom is 0.308 e. The van der Waals surface area contributed by atoms with E-state index in [1.807, 2.05) is 13.8 Å². The zero-order valence-corrected chi connectivity index (χ0v) is 25.7. The second kappa shape index (κ2) is 11.6. The topological polar surface area (TPSA) is 122 Å². The summed E-state index contributed by atoms with van der Waals surface area (Å²) in [7, 11) is -2.49. The number of hydrogen-bond donors (Lipinski definition) is 3. The van der Waals surface area contributed by atoms with Gasteiger partial charge in [0.15, 0.2) is 0 Å². The first-order valence-corrected chi connectivity index (χ1v) is 16.9. The number of aliphatic hydroxyl groups excluding tert-OH is 1. The van der Waals surface area contributed by atoms with Crippen molar-refractivity contribution >= 4 is 22.1 Å². The highest BCUT2D eigenvalue weighted by Gasteiger charge is 2.63. The quantitative estimate of drug-likeness (QED) is 0.350. The molecule has 0 aromatic heterocycles. The van der Waals surface area contributed by atoms with E-state index in [0.717, 1.165) is 57.8 Å². The second-order valence-electron chi connectivity index (χ2n) is 13.9. The molecule has 4 aliphatic rings. The van der Waals surface area contributed by atoms with Gasteiger partial charge in [-0.1, -0.05) is 34.6 Å². The van der Waals surface area contributed by atoms with Crippen molar-refractivity contribution in [3.63, 3.8) is 0 Å². The highest BCUT2D eigenvalue weighted by atomic mass is 32.2. The minimum atomic E-state index is -3.77. The summed E-state index contributed by atoms with van der Waals surface area (Å²) in [5.74, 6) is 1.79. The van der Waals surface area contributed by atoms with Gasteiger partial charge in [0.1, 0.15) is 6.10 Å². The average molecular weight is 569 g/mol. The van der Waals surface area contributed by atoms with Gasteiger partial charge in [0.2, 0.25) is 5.91 Å². The Labute approximate surface area is 236 Å². The summed E-state index contributed by atoms with van der Waals surface area (Å²) in [6, 6.07) is 0. The number of aliphatic hydroxyl groups is 1. The van der Waals surface area contributed by atoms with E-state index < -0.39 is 16.1 Å². The first kappa shape index (κ1) is 30.8. The first-order valence-electron chi connectivity index (χ1n) is 15.4. The van der Waals surface area contributed by atoms with Gasteiger partial charge in [-0.3, -0.25) is 9.59 Å². The molecule has 0 heterocycles. The molecule has 4 fully saturated rings. The number of fused-ring (bicyclic) bond motifs is 5. The van der Waals surface area contributed by atoms with Crippen LogP contribution in [0.1, 0.15) is 105 Å². The SMILES string of the molecule is CCC(C)C(=O)OC1CCC2(C)C(C1)CC(O)C1C2CCC2(C)C(C(C)CCC(=O)NS(=O)(=O)NC)CCC12. The molecule has 0 saturated heterocycles. The van der Waals surface area contributed by atoms with Crippen LogP contribution in [-0.2, 0) is 24.5 Å². The number of ether oxygens (including phenoxy) is 1. The molecule has 224 valence electrons. The summed E-state index contributed by atoms with van der Waals surface area (Å²) in [6.07, 6.45) is 9.38. The van der Waals surface area contributed by atoms with Crippen LogP contribution in [0, 0.1) is 52.3 Å². The molecule has 0 spiro atoms. The molecular weight excluding hydrogens is 516 g/mol. The van der Waals surface area contributed by atoms with Gasteiger partial charge in [-0.15, -0.1) is 0 Å². The third-order valence-electron chi connectivity index (χ3n) is 12.0. The number of carbonyl (C=O) groups excluding carboxylic acids is 2. The highest BCUT2D eigenvalue weighted by molar-refractivity contribution is 7.88. The van der Waals surface area contributed by atoms with Crippen LogP contribution >= 0.6 is 0 Å². The maximum absolute atomic E-state index is 12.5. The fourth-order valence-electron chi connectivity index (χ4n) is 9.52. The minimum absolute atomic E-state index is 0.0285. The van der Waals surface area contributed by atoms with Gasteiger partial charge < -0.3 is 9.84 Å². The van der Waals surface area contributed by atoms with E-state index >= 15 is 0 Å². The van der Waals surface area contributed by atoms with Crippen molar-refractivity contribution < 1.29 is 27.9 Å². The van der Waals surface area contributed by atoms with Gasteiger partial charge in [0.05, 0.1) is 12.0 Å². The highest BCUT2D eigenvalue weighted by Crippen LogP contribution is 2.68. The van der Waals surface area contributed by atoms with E-state index in [1.54, 1.807) is 0 Å². The molecule has 4 saturated carbocycles. The zero-order chi connectivity index (χ0) is 28.8. The van der Waals surface area contributed by atoms with Crippen molar-refractivity contribution in [1.82, 2.24) is 9.44 Å². The predicted octanol–water partition coefficient (Wildman–Crippen LogP) is 4.57.